The van der Waals surface area contributed by atoms with Crippen molar-refractivity contribution in [3.05, 3.63) is 36.0 Å². The first-order valence-corrected chi connectivity index (χ1v) is 5.47. The summed E-state index contributed by atoms with van der Waals surface area (Å²) in [6.45, 7) is 1.46. The number of hydrogen-bond acceptors (Lipinski definition) is 3. The molecule has 0 fully saturated rings. The average Bonchev–Trinajstić information content (AvgIpc) is 2.71. The highest BCUT2D eigenvalue weighted by Crippen LogP contribution is 2.20. The maximum absolute atomic E-state index is 10.9. The second kappa shape index (κ2) is 4.83. The fraction of sp³-hybridized carbons (Fsp3) is 0.154. The second-order valence-electron chi connectivity index (χ2n) is 3.95. The minimum atomic E-state index is -0.108. The molecule has 2 rings (SSSR count). The van der Waals surface area contributed by atoms with Gasteiger partial charge in [-0.2, -0.15) is 5.10 Å². The van der Waals surface area contributed by atoms with Crippen LogP contribution in [0.4, 0.5) is 5.69 Å². The Bertz CT molecular complexity index is 585. The van der Waals surface area contributed by atoms with Crippen molar-refractivity contribution in [2.45, 2.75) is 6.92 Å². The zero-order chi connectivity index (χ0) is 13.1. The van der Waals surface area contributed by atoms with Crippen LogP contribution >= 0.6 is 0 Å². The van der Waals surface area contributed by atoms with Crippen molar-refractivity contribution >= 4 is 17.9 Å². The van der Waals surface area contributed by atoms with E-state index >= 15 is 0 Å². The fourth-order valence-corrected chi connectivity index (χ4v) is 1.66. The van der Waals surface area contributed by atoms with Crippen molar-refractivity contribution in [1.82, 2.24) is 9.78 Å². The molecule has 0 saturated carbocycles. The molecule has 0 aliphatic rings. The average molecular weight is 243 g/mol. The van der Waals surface area contributed by atoms with Gasteiger partial charge in [0.05, 0.1) is 5.69 Å². The van der Waals surface area contributed by atoms with E-state index in [1.807, 2.05) is 12.1 Å². The Hall–Kier alpha value is -2.43. The third-order valence-electron chi connectivity index (χ3n) is 2.54. The Balaban J connectivity index is 2.28. The van der Waals surface area contributed by atoms with Gasteiger partial charge in [0.2, 0.25) is 5.91 Å². The van der Waals surface area contributed by atoms with Gasteiger partial charge in [0, 0.05) is 25.2 Å². The molecule has 0 bridgehead atoms. The van der Waals surface area contributed by atoms with Crippen LogP contribution in [0.2, 0.25) is 0 Å². The van der Waals surface area contributed by atoms with Crippen molar-refractivity contribution in [2.75, 3.05) is 5.32 Å². The lowest BCUT2D eigenvalue weighted by Crippen LogP contribution is -2.05. The van der Waals surface area contributed by atoms with E-state index in [0.29, 0.717) is 5.69 Å². The van der Waals surface area contributed by atoms with Crippen LogP contribution in [-0.4, -0.2) is 22.0 Å². The molecule has 0 saturated heterocycles. The van der Waals surface area contributed by atoms with Crippen molar-refractivity contribution in [3.63, 3.8) is 0 Å². The summed E-state index contributed by atoms with van der Waals surface area (Å²) in [6.07, 6.45) is 0.766. The van der Waals surface area contributed by atoms with Gasteiger partial charge in [-0.3, -0.25) is 14.3 Å². The van der Waals surface area contributed by atoms with Crippen LogP contribution in [0.15, 0.2) is 30.3 Å². The molecular weight excluding hydrogens is 230 g/mol. The number of aryl methyl sites for hydroxylation is 1. The van der Waals surface area contributed by atoms with Crippen LogP contribution in [0, 0.1) is 0 Å². The molecule has 5 heteroatoms. The molecule has 5 nitrogen and oxygen atoms in total. The van der Waals surface area contributed by atoms with Gasteiger partial charge in [-0.05, 0) is 18.2 Å². The summed E-state index contributed by atoms with van der Waals surface area (Å²) in [6, 6.07) is 9.02. The standard InChI is InChI=1S/C13H13N3O2/c1-9(18)14-11-5-3-10(4-6-11)13-7-12(8-17)16(2)15-13/h3-8H,1-2H3,(H,14,18). The highest BCUT2D eigenvalue weighted by molar-refractivity contribution is 5.89. The molecule has 0 radical (unpaired) electrons. The SMILES string of the molecule is CC(=O)Nc1ccc(-c2cc(C=O)n(C)n2)cc1. The molecule has 0 aliphatic carbocycles. The van der Waals surface area contributed by atoms with E-state index in [9.17, 15) is 9.59 Å². The molecule has 2 aromatic rings. The summed E-state index contributed by atoms with van der Waals surface area (Å²) in [7, 11) is 1.72. The lowest BCUT2D eigenvalue weighted by molar-refractivity contribution is -0.114. The quantitative estimate of drug-likeness (QED) is 0.837. The van der Waals surface area contributed by atoms with Gasteiger partial charge in [0.1, 0.15) is 5.69 Å². The van der Waals surface area contributed by atoms with Crippen LogP contribution in [-0.2, 0) is 11.8 Å². The number of aromatic nitrogens is 2. The number of anilines is 1. The van der Waals surface area contributed by atoms with Crippen LogP contribution in [0.25, 0.3) is 11.3 Å². The van der Waals surface area contributed by atoms with E-state index in [4.69, 9.17) is 0 Å². The molecule has 1 heterocycles. The zero-order valence-corrected chi connectivity index (χ0v) is 10.2. The Labute approximate surface area is 104 Å². The summed E-state index contributed by atoms with van der Waals surface area (Å²) in [5.74, 6) is -0.108. The number of amides is 1. The third-order valence-corrected chi connectivity index (χ3v) is 2.54. The number of carbonyl (C=O) groups is 2. The zero-order valence-electron chi connectivity index (χ0n) is 10.2. The van der Waals surface area contributed by atoms with Crippen LogP contribution in [0.5, 0.6) is 0 Å². The maximum Gasteiger partial charge on any atom is 0.221 e. The molecule has 1 aromatic carbocycles. The molecule has 0 unspecified atom stereocenters. The van der Waals surface area contributed by atoms with E-state index in [-0.39, 0.29) is 5.91 Å². The van der Waals surface area contributed by atoms with Crippen LogP contribution in [0.1, 0.15) is 17.4 Å². The Morgan fingerprint density at radius 3 is 2.50 bits per heavy atom. The molecule has 0 aliphatic heterocycles. The van der Waals surface area contributed by atoms with E-state index in [1.165, 1.54) is 11.6 Å². The van der Waals surface area contributed by atoms with Gasteiger partial charge in [0.25, 0.3) is 0 Å². The molecular formula is C13H13N3O2. The predicted molar refractivity (Wildman–Crippen MR) is 68.3 cm³/mol. The van der Waals surface area contributed by atoms with Gasteiger partial charge >= 0.3 is 0 Å². The fourth-order valence-electron chi connectivity index (χ4n) is 1.66. The number of nitrogens with one attached hydrogen (secondary N) is 1. The largest absolute Gasteiger partial charge is 0.326 e. The normalized spacial score (nSPS) is 10.1. The Kier molecular flexibility index (Phi) is 3.23. The van der Waals surface area contributed by atoms with E-state index in [1.54, 1.807) is 25.2 Å². The number of carbonyl (C=O) groups excluding carboxylic acids is 2. The van der Waals surface area contributed by atoms with Crippen LogP contribution in [0.3, 0.4) is 0 Å². The molecule has 18 heavy (non-hydrogen) atoms. The van der Waals surface area contributed by atoms with Gasteiger partial charge in [-0.15, -0.1) is 0 Å². The van der Waals surface area contributed by atoms with Crippen molar-refractivity contribution in [3.8, 4) is 11.3 Å². The predicted octanol–water partition coefficient (Wildman–Crippen LogP) is 1.86. The van der Waals surface area contributed by atoms with Gasteiger partial charge in [-0.25, -0.2) is 0 Å². The van der Waals surface area contributed by atoms with Crippen molar-refractivity contribution < 1.29 is 9.59 Å². The highest BCUT2D eigenvalue weighted by Gasteiger charge is 2.06. The topological polar surface area (TPSA) is 64.0 Å². The summed E-state index contributed by atoms with van der Waals surface area (Å²) in [5.41, 5.74) is 2.88. The van der Waals surface area contributed by atoms with Gasteiger partial charge < -0.3 is 5.32 Å². The van der Waals surface area contributed by atoms with Crippen LogP contribution < -0.4 is 5.32 Å². The monoisotopic (exact) mass is 243 g/mol. The van der Waals surface area contributed by atoms with E-state index in [0.717, 1.165) is 23.2 Å². The third kappa shape index (κ3) is 2.45. The summed E-state index contributed by atoms with van der Waals surface area (Å²) >= 11 is 0. The summed E-state index contributed by atoms with van der Waals surface area (Å²) < 4.78 is 1.53. The number of nitrogens with zero attached hydrogens (tertiary/aromatic N) is 2. The first kappa shape index (κ1) is 12.0. The van der Waals surface area contributed by atoms with E-state index in [2.05, 4.69) is 10.4 Å². The number of rotatable bonds is 3. The lowest BCUT2D eigenvalue weighted by Gasteiger charge is -2.02. The van der Waals surface area contributed by atoms with Gasteiger partial charge in [0.15, 0.2) is 6.29 Å². The number of hydrogen-bond donors (Lipinski definition) is 1. The highest BCUT2D eigenvalue weighted by atomic mass is 16.1. The lowest BCUT2D eigenvalue weighted by atomic mass is 10.1. The van der Waals surface area contributed by atoms with Crippen molar-refractivity contribution in [1.29, 1.82) is 0 Å². The second-order valence-corrected chi connectivity index (χ2v) is 3.95. The first-order chi connectivity index (χ1) is 8.60. The molecule has 1 N–H and O–H groups in total. The van der Waals surface area contributed by atoms with Gasteiger partial charge in [-0.1, -0.05) is 12.1 Å². The summed E-state index contributed by atoms with van der Waals surface area (Å²) in [4.78, 5) is 21.6. The first-order valence-electron chi connectivity index (χ1n) is 5.47. The molecule has 1 amide bonds. The molecule has 0 spiro atoms. The molecule has 1 aromatic heterocycles. The molecule has 92 valence electrons. The minimum absolute atomic E-state index is 0.108. The smallest absolute Gasteiger partial charge is 0.221 e. The summed E-state index contributed by atoms with van der Waals surface area (Å²) in [5, 5.41) is 6.93. The number of benzene rings is 1. The molecule has 0 atom stereocenters. The minimum Gasteiger partial charge on any atom is -0.326 e. The Morgan fingerprint density at radius 2 is 2.00 bits per heavy atom. The maximum atomic E-state index is 10.9. The van der Waals surface area contributed by atoms with E-state index < -0.39 is 0 Å². The van der Waals surface area contributed by atoms with Crippen molar-refractivity contribution in [2.24, 2.45) is 7.05 Å². The Morgan fingerprint density at radius 1 is 1.33 bits per heavy atom. The number of aldehydes is 1.